The Morgan fingerprint density at radius 3 is 2.57 bits per heavy atom. The van der Waals surface area contributed by atoms with E-state index in [1.165, 1.54) is 12.8 Å². The van der Waals surface area contributed by atoms with Gasteiger partial charge in [-0.15, -0.1) is 0 Å². The van der Waals surface area contributed by atoms with Crippen LogP contribution in [0.25, 0.3) is 0 Å². The van der Waals surface area contributed by atoms with Gasteiger partial charge in [-0.25, -0.2) is 0 Å². The first-order valence-corrected chi connectivity index (χ1v) is 7.92. The van der Waals surface area contributed by atoms with E-state index in [0.717, 1.165) is 37.0 Å². The van der Waals surface area contributed by atoms with Gasteiger partial charge in [0.1, 0.15) is 5.75 Å². The predicted octanol–water partition coefficient (Wildman–Crippen LogP) is 3.15. The van der Waals surface area contributed by atoms with E-state index >= 15 is 0 Å². The number of nitrogens with one attached hydrogen (secondary N) is 1. The lowest BCUT2D eigenvalue weighted by molar-refractivity contribution is -0.116. The van der Waals surface area contributed by atoms with Crippen LogP contribution in [0.15, 0.2) is 24.3 Å². The quantitative estimate of drug-likeness (QED) is 0.875. The second-order valence-corrected chi connectivity index (χ2v) is 5.78. The number of carbonyl (C=O) groups is 1. The van der Waals surface area contributed by atoms with E-state index in [-0.39, 0.29) is 5.91 Å². The first-order chi connectivity index (χ1) is 10.2. The number of ether oxygens (including phenoxy) is 1. The molecule has 0 unspecified atom stereocenters. The highest BCUT2D eigenvalue weighted by Gasteiger charge is 2.16. The van der Waals surface area contributed by atoms with Gasteiger partial charge in [0.05, 0.1) is 6.61 Å². The van der Waals surface area contributed by atoms with Crippen LogP contribution in [-0.4, -0.2) is 37.0 Å². The third-order valence-corrected chi connectivity index (χ3v) is 3.98. The van der Waals surface area contributed by atoms with Gasteiger partial charge in [-0.2, -0.15) is 0 Å². The van der Waals surface area contributed by atoms with Gasteiger partial charge in [-0.3, -0.25) is 4.79 Å². The summed E-state index contributed by atoms with van der Waals surface area (Å²) in [6.07, 6.45) is 3.06. The molecule has 1 aromatic carbocycles. The largest absolute Gasteiger partial charge is 0.494 e. The van der Waals surface area contributed by atoms with Crippen molar-refractivity contribution in [1.29, 1.82) is 0 Å². The zero-order valence-electron chi connectivity index (χ0n) is 13.1. The predicted molar refractivity (Wildman–Crippen MR) is 85.7 cm³/mol. The highest BCUT2D eigenvalue weighted by Crippen LogP contribution is 2.17. The molecule has 0 spiro atoms. The van der Waals surface area contributed by atoms with Gasteiger partial charge in [0.15, 0.2) is 0 Å². The molecule has 0 radical (unpaired) electrons. The number of benzene rings is 1. The molecule has 1 heterocycles. The summed E-state index contributed by atoms with van der Waals surface area (Å²) < 4.78 is 5.38. The standard InChI is InChI=1S/C17H26N2O2/c1-3-21-16-6-4-15(5-7-16)18-17(20)10-13-19-11-8-14(2)9-12-19/h4-7,14H,3,8-13H2,1-2H3,(H,18,20). The first-order valence-electron chi connectivity index (χ1n) is 7.92. The fourth-order valence-corrected chi connectivity index (χ4v) is 2.57. The van der Waals surface area contributed by atoms with E-state index in [2.05, 4.69) is 17.1 Å². The number of piperidine rings is 1. The molecule has 1 aliphatic heterocycles. The molecule has 4 heteroatoms. The molecule has 0 saturated carbocycles. The van der Waals surface area contributed by atoms with Crippen molar-refractivity contribution < 1.29 is 9.53 Å². The number of hydrogen-bond donors (Lipinski definition) is 1. The fraction of sp³-hybridized carbons (Fsp3) is 0.588. The van der Waals surface area contributed by atoms with Gasteiger partial charge in [-0.05, 0) is 63.0 Å². The number of carbonyl (C=O) groups excluding carboxylic acids is 1. The number of likely N-dealkylation sites (tertiary alicyclic amines) is 1. The molecule has 1 aromatic rings. The van der Waals surface area contributed by atoms with E-state index in [1.54, 1.807) is 0 Å². The molecule has 1 aliphatic rings. The van der Waals surface area contributed by atoms with Crippen molar-refractivity contribution in [2.75, 3.05) is 31.6 Å². The van der Waals surface area contributed by atoms with Gasteiger partial charge >= 0.3 is 0 Å². The monoisotopic (exact) mass is 290 g/mol. The molecule has 4 nitrogen and oxygen atoms in total. The molecule has 2 rings (SSSR count). The number of hydrogen-bond acceptors (Lipinski definition) is 3. The molecule has 0 aliphatic carbocycles. The average Bonchev–Trinajstić information content (AvgIpc) is 2.49. The fourth-order valence-electron chi connectivity index (χ4n) is 2.57. The smallest absolute Gasteiger partial charge is 0.225 e. The van der Waals surface area contributed by atoms with E-state index in [1.807, 2.05) is 31.2 Å². The zero-order valence-corrected chi connectivity index (χ0v) is 13.1. The summed E-state index contributed by atoms with van der Waals surface area (Å²) in [5.41, 5.74) is 0.829. The van der Waals surface area contributed by atoms with Crippen molar-refractivity contribution >= 4 is 11.6 Å². The summed E-state index contributed by atoms with van der Waals surface area (Å²) in [5.74, 6) is 1.75. The minimum Gasteiger partial charge on any atom is -0.494 e. The molecule has 1 saturated heterocycles. The summed E-state index contributed by atoms with van der Waals surface area (Å²) >= 11 is 0. The second kappa shape index (κ2) is 8.03. The number of rotatable bonds is 6. The third kappa shape index (κ3) is 5.38. The van der Waals surface area contributed by atoms with Crippen LogP contribution in [-0.2, 0) is 4.79 Å². The Kier molecular flexibility index (Phi) is 6.05. The van der Waals surface area contributed by atoms with E-state index in [4.69, 9.17) is 4.74 Å². The van der Waals surface area contributed by atoms with Crippen LogP contribution < -0.4 is 10.1 Å². The van der Waals surface area contributed by atoms with Crippen LogP contribution in [0.2, 0.25) is 0 Å². The Morgan fingerprint density at radius 2 is 1.95 bits per heavy atom. The minimum atomic E-state index is 0.0813. The summed E-state index contributed by atoms with van der Waals surface area (Å²) in [6.45, 7) is 8.01. The summed E-state index contributed by atoms with van der Waals surface area (Å²) in [4.78, 5) is 14.3. The van der Waals surface area contributed by atoms with Crippen LogP contribution in [0.1, 0.15) is 33.1 Å². The van der Waals surface area contributed by atoms with Crippen LogP contribution in [0.5, 0.6) is 5.75 Å². The highest BCUT2D eigenvalue weighted by atomic mass is 16.5. The minimum absolute atomic E-state index is 0.0813. The van der Waals surface area contributed by atoms with Crippen molar-refractivity contribution in [3.63, 3.8) is 0 Å². The van der Waals surface area contributed by atoms with E-state index < -0.39 is 0 Å². The van der Waals surface area contributed by atoms with Crippen LogP contribution >= 0.6 is 0 Å². The maximum atomic E-state index is 12.0. The molecule has 0 aromatic heterocycles. The average molecular weight is 290 g/mol. The highest BCUT2D eigenvalue weighted by molar-refractivity contribution is 5.90. The Bertz CT molecular complexity index is 437. The van der Waals surface area contributed by atoms with Gasteiger partial charge in [0.2, 0.25) is 5.91 Å². The second-order valence-electron chi connectivity index (χ2n) is 5.78. The summed E-state index contributed by atoms with van der Waals surface area (Å²) in [7, 11) is 0. The van der Waals surface area contributed by atoms with E-state index in [9.17, 15) is 4.79 Å². The van der Waals surface area contributed by atoms with Crippen molar-refractivity contribution in [2.24, 2.45) is 5.92 Å². The molecule has 0 atom stereocenters. The molecule has 1 amide bonds. The van der Waals surface area contributed by atoms with Crippen molar-refractivity contribution in [3.8, 4) is 5.75 Å². The first kappa shape index (κ1) is 15.8. The lowest BCUT2D eigenvalue weighted by Crippen LogP contribution is -2.35. The SMILES string of the molecule is CCOc1ccc(NC(=O)CCN2CCC(C)CC2)cc1. The summed E-state index contributed by atoms with van der Waals surface area (Å²) in [5, 5.41) is 2.94. The Balaban J connectivity index is 1.71. The maximum Gasteiger partial charge on any atom is 0.225 e. The maximum absolute atomic E-state index is 12.0. The van der Waals surface area contributed by atoms with Crippen LogP contribution in [0, 0.1) is 5.92 Å². The molecular formula is C17H26N2O2. The van der Waals surface area contributed by atoms with Crippen LogP contribution in [0.3, 0.4) is 0 Å². The van der Waals surface area contributed by atoms with Crippen LogP contribution in [0.4, 0.5) is 5.69 Å². The zero-order chi connectivity index (χ0) is 15.1. The molecule has 1 N–H and O–H groups in total. The lowest BCUT2D eigenvalue weighted by atomic mass is 9.99. The lowest BCUT2D eigenvalue weighted by Gasteiger charge is -2.29. The number of nitrogens with zero attached hydrogens (tertiary/aromatic N) is 1. The molecule has 21 heavy (non-hydrogen) atoms. The third-order valence-electron chi connectivity index (χ3n) is 3.98. The number of anilines is 1. The molecule has 116 valence electrons. The van der Waals surface area contributed by atoms with Gasteiger partial charge in [-0.1, -0.05) is 6.92 Å². The Hall–Kier alpha value is -1.55. The van der Waals surface area contributed by atoms with Gasteiger partial charge in [0.25, 0.3) is 0 Å². The normalized spacial score (nSPS) is 16.7. The molecule has 0 bridgehead atoms. The number of amides is 1. The van der Waals surface area contributed by atoms with Crippen molar-refractivity contribution in [1.82, 2.24) is 4.90 Å². The van der Waals surface area contributed by atoms with Gasteiger partial charge < -0.3 is 15.0 Å². The summed E-state index contributed by atoms with van der Waals surface area (Å²) in [6, 6.07) is 7.52. The molecule has 1 fully saturated rings. The van der Waals surface area contributed by atoms with Crippen molar-refractivity contribution in [2.45, 2.75) is 33.1 Å². The Labute approximate surface area is 127 Å². The van der Waals surface area contributed by atoms with Crippen molar-refractivity contribution in [3.05, 3.63) is 24.3 Å². The Morgan fingerprint density at radius 1 is 1.29 bits per heavy atom. The molecular weight excluding hydrogens is 264 g/mol. The van der Waals surface area contributed by atoms with E-state index in [0.29, 0.717) is 13.0 Å². The van der Waals surface area contributed by atoms with Gasteiger partial charge in [0, 0.05) is 18.7 Å². The topological polar surface area (TPSA) is 41.6 Å².